The minimum Gasteiger partial charge on any atom is -0.392 e. The Kier molecular flexibility index (Phi) is 7.05. The minimum atomic E-state index is -4.59. The maximum Gasteiger partial charge on any atom is 0.510 e. The van der Waals surface area contributed by atoms with Crippen LogP contribution in [0, 0.1) is 0 Å². The monoisotopic (exact) mass is 331 g/mol. The van der Waals surface area contributed by atoms with Crippen molar-refractivity contribution >= 4 is 11.9 Å². The number of nitrogens with one attached hydrogen (secondary N) is 1. The second-order valence-corrected chi connectivity index (χ2v) is 3.97. The van der Waals surface area contributed by atoms with E-state index in [0.29, 0.717) is 16.9 Å². The maximum absolute atomic E-state index is 12.5. The molecule has 0 unspecified atom stereocenters. The van der Waals surface area contributed by atoms with E-state index >= 15 is 0 Å². The molecule has 0 aliphatic heterocycles. The predicted molar refractivity (Wildman–Crippen MR) is 78.4 cm³/mol. The zero-order chi connectivity index (χ0) is 15.5. The number of rotatable bonds is 2. The number of hydrogen-bond donors (Lipinski definition) is 2. The van der Waals surface area contributed by atoms with Gasteiger partial charge in [0.2, 0.25) is 0 Å². The number of carbonyl (C=O) groups excluding carboxylic acids is 1. The van der Waals surface area contributed by atoms with Gasteiger partial charge >= 0.3 is 18.1 Å². The lowest BCUT2D eigenvalue weighted by molar-refractivity contribution is -0.893. The predicted octanol–water partition coefficient (Wildman–Crippen LogP) is 4.11. The first-order chi connectivity index (χ1) is 9.86. The fourth-order valence-electron chi connectivity index (χ4n) is 1.49. The molecule has 2 N–H and O–H groups in total. The van der Waals surface area contributed by atoms with Crippen molar-refractivity contribution in [2.24, 2.45) is 0 Å². The zero-order valence-electron chi connectivity index (χ0n) is 10.5. The summed E-state index contributed by atoms with van der Waals surface area (Å²) in [6.45, 7) is 0. The van der Waals surface area contributed by atoms with Crippen LogP contribution in [0.4, 0.5) is 23.8 Å². The van der Waals surface area contributed by atoms with Crippen LogP contribution in [0.15, 0.2) is 48.7 Å². The number of aromatic nitrogens is 1. The molecule has 8 heteroatoms. The maximum atomic E-state index is 12.5. The largest absolute Gasteiger partial charge is 0.510 e. The van der Waals surface area contributed by atoms with Gasteiger partial charge in [0.05, 0.1) is 5.56 Å². The molecule has 0 saturated carbocycles. The molecule has 0 aliphatic rings. The van der Waals surface area contributed by atoms with Crippen LogP contribution in [-0.2, 0) is 6.18 Å². The van der Waals surface area contributed by atoms with Gasteiger partial charge in [-0.1, -0.05) is 37.8 Å². The van der Waals surface area contributed by atoms with Gasteiger partial charge in [-0.2, -0.15) is 23.3 Å². The minimum absolute atomic E-state index is 0. The molecular weight excluding hydrogens is 313 g/mol. The molecule has 1 aromatic heterocycles. The third-order valence-corrected chi connectivity index (χ3v) is 2.45. The average Bonchev–Trinajstić information content (AvgIpc) is 2.41. The van der Waals surface area contributed by atoms with E-state index in [0.717, 1.165) is 6.20 Å². The van der Waals surface area contributed by atoms with E-state index in [1.807, 2.05) is 5.32 Å². The van der Waals surface area contributed by atoms with Crippen LogP contribution < -0.4 is 14.8 Å². The molecule has 0 atom stereocenters. The highest BCUT2D eigenvalue weighted by Gasteiger charge is 2.33. The topological polar surface area (TPSA) is 62.4 Å². The van der Waals surface area contributed by atoms with E-state index in [4.69, 9.17) is 4.74 Å². The number of alkyl halides is 3. The number of anilines is 1. The molecule has 5 nitrogen and oxygen atoms in total. The van der Waals surface area contributed by atoms with Crippen molar-refractivity contribution in [1.82, 2.24) is 0 Å². The van der Waals surface area contributed by atoms with Crippen LogP contribution in [0.5, 0.6) is 5.75 Å². The Morgan fingerprint density at radius 2 is 1.74 bits per heavy atom. The van der Waals surface area contributed by atoms with Crippen molar-refractivity contribution < 1.29 is 32.6 Å². The van der Waals surface area contributed by atoms with Gasteiger partial charge in [0, 0.05) is 6.07 Å². The Morgan fingerprint density at radius 3 is 2.30 bits per heavy atom. The van der Waals surface area contributed by atoms with E-state index in [1.54, 1.807) is 18.2 Å². The fourth-order valence-corrected chi connectivity index (χ4v) is 1.49. The van der Waals surface area contributed by atoms with Crippen molar-refractivity contribution in [2.45, 2.75) is 21.0 Å². The van der Waals surface area contributed by atoms with Crippen LogP contribution in [0.3, 0.4) is 0 Å². The van der Waals surface area contributed by atoms with Crippen molar-refractivity contribution in [3.05, 3.63) is 54.2 Å². The molecular formula is C15H18F3N2O3+. The highest BCUT2D eigenvalue weighted by Crippen LogP contribution is 2.29. The highest BCUT2D eigenvalue weighted by molar-refractivity contribution is 5.84. The summed E-state index contributed by atoms with van der Waals surface area (Å²) in [4.78, 5) is 11.6. The van der Waals surface area contributed by atoms with E-state index in [9.17, 15) is 23.2 Å². The van der Waals surface area contributed by atoms with E-state index in [-0.39, 0.29) is 20.6 Å². The lowest BCUT2D eigenvalue weighted by atomic mass is 10.2. The number of benzene rings is 1. The first kappa shape index (κ1) is 20.2. The molecule has 0 bridgehead atoms. The summed E-state index contributed by atoms with van der Waals surface area (Å²) in [5.74, 6) is -0.253. The summed E-state index contributed by atoms with van der Waals surface area (Å²) < 4.78 is 42.8. The molecule has 1 aromatic carbocycles. The van der Waals surface area contributed by atoms with E-state index in [1.165, 1.54) is 12.1 Å². The lowest BCUT2D eigenvalue weighted by Crippen LogP contribution is -2.36. The van der Waals surface area contributed by atoms with Crippen molar-refractivity contribution in [3.63, 3.8) is 0 Å². The SMILES string of the molecule is C.C.O=C(Nc1cc(C(F)(F)F)cc[n+]1O)Oc1ccccc1. The van der Waals surface area contributed by atoms with Crippen molar-refractivity contribution in [3.8, 4) is 5.75 Å². The quantitative estimate of drug-likeness (QED) is 0.643. The Bertz CT molecular complexity index is 646. The zero-order valence-corrected chi connectivity index (χ0v) is 10.5. The summed E-state index contributed by atoms with van der Waals surface area (Å²) in [7, 11) is 0. The van der Waals surface area contributed by atoms with Gasteiger partial charge in [0.25, 0.3) is 0 Å². The van der Waals surface area contributed by atoms with Crippen LogP contribution in [0.2, 0.25) is 0 Å². The first-order valence-corrected chi connectivity index (χ1v) is 5.72. The average molecular weight is 331 g/mol. The van der Waals surface area contributed by atoms with Gasteiger partial charge in [-0.25, -0.2) is 0 Å². The molecule has 2 rings (SSSR count). The lowest BCUT2D eigenvalue weighted by Gasteiger charge is -2.07. The van der Waals surface area contributed by atoms with Gasteiger partial charge in [-0.15, -0.1) is 0 Å². The standard InChI is InChI=1S/C13H9F3N2O3.2CH4/c14-13(15,16)9-6-7-18(20)11(8-9)17-12(19)21-10-4-2-1-3-5-10;;/h1-8,20H;2*1H4/p+1. The molecule has 126 valence electrons. The second kappa shape index (κ2) is 8.02. The molecule has 0 saturated heterocycles. The Hall–Kier alpha value is -2.77. The van der Waals surface area contributed by atoms with Crippen LogP contribution in [0.1, 0.15) is 20.4 Å². The molecule has 0 radical (unpaired) electrons. The summed E-state index contributed by atoms with van der Waals surface area (Å²) in [6.07, 6.45) is -4.85. The van der Waals surface area contributed by atoms with Crippen LogP contribution in [-0.4, -0.2) is 11.3 Å². The van der Waals surface area contributed by atoms with Gasteiger partial charge in [0.1, 0.15) is 11.9 Å². The van der Waals surface area contributed by atoms with E-state index in [2.05, 4.69) is 0 Å². The normalized spacial score (nSPS) is 10.0. The first-order valence-electron chi connectivity index (χ1n) is 5.72. The number of pyridine rings is 1. The number of carbonyl (C=O) groups is 1. The number of halogens is 3. The second-order valence-electron chi connectivity index (χ2n) is 3.97. The van der Waals surface area contributed by atoms with E-state index < -0.39 is 23.7 Å². The van der Waals surface area contributed by atoms with Gasteiger partial charge in [-0.3, -0.25) is 0 Å². The number of hydrogen-bond acceptors (Lipinski definition) is 3. The smallest absolute Gasteiger partial charge is 0.392 e. The highest BCUT2D eigenvalue weighted by atomic mass is 19.4. The summed E-state index contributed by atoms with van der Waals surface area (Å²) >= 11 is 0. The van der Waals surface area contributed by atoms with Crippen LogP contribution in [0.25, 0.3) is 0 Å². The van der Waals surface area contributed by atoms with Crippen molar-refractivity contribution in [2.75, 3.05) is 5.32 Å². The molecule has 1 amide bonds. The Balaban J connectivity index is 0.00000242. The number of ether oxygens (including phenoxy) is 1. The number of nitrogens with zero attached hydrogens (tertiary/aromatic N) is 1. The van der Waals surface area contributed by atoms with Gasteiger partial charge < -0.3 is 9.94 Å². The summed E-state index contributed by atoms with van der Waals surface area (Å²) in [6, 6.07) is 9.22. The van der Waals surface area contributed by atoms with Crippen LogP contribution >= 0.6 is 0 Å². The molecule has 0 aliphatic carbocycles. The van der Waals surface area contributed by atoms with Gasteiger partial charge in [0.15, 0.2) is 0 Å². The molecule has 2 aromatic rings. The van der Waals surface area contributed by atoms with Crippen molar-refractivity contribution in [1.29, 1.82) is 0 Å². The molecule has 0 fully saturated rings. The third-order valence-electron chi connectivity index (χ3n) is 2.45. The Labute approximate surface area is 131 Å². The Morgan fingerprint density at radius 1 is 1.13 bits per heavy atom. The number of amides is 1. The fraction of sp³-hybridized carbons (Fsp3) is 0.200. The van der Waals surface area contributed by atoms with Gasteiger partial charge in [-0.05, 0) is 18.2 Å². The molecule has 0 spiro atoms. The summed E-state index contributed by atoms with van der Waals surface area (Å²) in [5, 5.41) is 11.4. The third kappa shape index (κ3) is 5.50. The number of para-hydroxylation sites is 1. The molecule has 1 heterocycles. The molecule has 23 heavy (non-hydrogen) atoms. The summed E-state index contributed by atoms with van der Waals surface area (Å²) in [5.41, 5.74) is -1.01.